The number of halogens is 1. The molecule has 6 heteroatoms. The van der Waals surface area contributed by atoms with Crippen molar-refractivity contribution < 1.29 is 14.3 Å². The lowest BCUT2D eigenvalue weighted by atomic mass is 10.2. The monoisotopic (exact) mass is 310 g/mol. The molecule has 0 aromatic heterocycles. The molecule has 0 spiro atoms. The summed E-state index contributed by atoms with van der Waals surface area (Å²) in [5.74, 6) is -0.392. The summed E-state index contributed by atoms with van der Waals surface area (Å²) in [6.45, 7) is 1.32. The van der Waals surface area contributed by atoms with Crippen molar-refractivity contribution in [2.24, 2.45) is 0 Å². The fraction of sp³-hybridized carbons (Fsp3) is 0.467. The molecule has 1 heterocycles. The van der Waals surface area contributed by atoms with Crippen molar-refractivity contribution in [3.63, 3.8) is 0 Å². The first-order chi connectivity index (χ1) is 10.1. The van der Waals surface area contributed by atoms with Crippen molar-refractivity contribution in [1.82, 2.24) is 10.2 Å². The minimum Gasteiger partial charge on any atom is -0.468 e. The Morgan fingerprint density at radius 1 is 1.43 bits per heavy atom. The molecule has 0 saturated carbocycles. The number of carbonyl (C=O) groups is 2. The van der Waals surface area contributed by atoms with Crippen LogP contribution in [0.2, 0.25) is 5.02 Å². The van der Waals surface area contributed by atoms with E-state index in [1.807, 2.05) is 23.1 Å². The Labute approximate surface area is 129 Å². The van der Waals surface area contributed by atoms with Crippen LogP contribution in [0.3, 0.4) is 0 Å². The Hall–Kier alpha value is -1.59. The largest absolute Gasteiger partial charge is 0.468 e. The van der Waals surface area contributed by atoms with E-state index in [-0.39, 0.29) is 24.5 Å². The maximum atomic E-state index is 12.0. The molecule has 21 heavy (non-hydrogen) atoms. The maximum absolute atomic E-state index is 12.0. The average Bonchev–Trinajstić information content (AvgIpc) is 2.93. The second kappa shape index (κ2) is 7.43. The summed E-state index contributed by atoms with van der Waals surface area (Å²) < 4.78 is 4.76. The third-order valence-corrected chi connectivity index (χ3v) is 3.99. The van der Waals surface area contributed by atoms with Gasteiger partial charge in [0.05, 0.1) is 13.7 Å². The number of hydrogen-bond acceptors (Lipinski definition) is 4. The molecule has 0 aliphatic carbocycles. The van der Waals surface area contributed by atoms with Gasteiger partial charge in [-0.05, 0) is 31.0 Å². The lowest BCUT2D eigenvalue weighted by Crippen LogP contribution is -2.43. The molecule has 1 fully saturated rings. The number of amides is 1. The summed E-state index contributed by atoms with van der Waals surface area (Å²) >= 11 is 6.04. The van der Waals surface area contributed by atoms with Gasteiger partial charge in [-0.15, -0.1) is 0 Å². The third kappa shape index (κ3) is 4.19. The van der Waals surface area contributed by atoms with E-state index in [9.17, 15) is 9.59 Å². The lowest BCUT2D eigenvalue weighted by Gasteiger charge is -2.21. The van der Waals surface area contributed by atoms with Crippen LogP contribution in [0.15, 0.2) is 24.3 Å². The van der Waals surface area contributed by atoms with Gasteiger partial charge in [0.2, 0.25) is 5.91 Å². The summed E-state index contributed by atoms with van der Waals surface area (Å²) in [4.78, 5) is 25.5. The smallest absolute Gasteiger partial charge is 0.323 e. The molecule has 5 nitrogen and oxygen atoms in total. The minimum atomic E-state index is -0.305. The van der Waals surface area contributed by atoms with Gasteiger partial charge in [0.25, 0.3) is 0 Å². The number of benzene rings is 1. The summed E-state index contributed by atoms with van der Waals surface area (Å²) in [5.41, 5.74) is 0.874. The van der Waals surface area contributed by atoms with E-state index in [0.717, 1.165) is 24.9 Å². The molecule has 1 amide bonds. The highest BCUT2D eigenvalue weighted by Crippen LogP contribution is 2.18. The quantitative estimate of drug-likeness (QED) is 0.839. The molecule has 1 N–H and O–H groups in total. The first-order valence-corrected chi connectivity index (χ1v) is 7.31. The van der Waals surface area contributed by atoms with E-state index in [1.54, 1.807) is 6.07 Å². The Balaban J connectivity index is 1.84. The van der Waals surface area contributed by atoms with Crippen molar-refractivity contribution in [1.29, 1.82) is 0 Å². The van der Waals surface area contributed by atoms with Crippen molar-refractivity contribution in [3.8, 4) is 0 Å². The highest BCUT2D eigenvalue weighted by molar-refractivity contribution is 6.31. The molecular formula is C15H19ClN2O3. The molecule has 114 valence electrons. The van der Waals surface area contributed by atoms with E-state index in [1.165, 1.54) is 7.11 Å². The molecule has 0 bridgehead atoms. The Kier molecular flexibility index (Phi) is 5.59. The van der Waals surface area contributed by atoms with Crippen molar-refractivity contribution >= 4 is 23.5 Å². The van der Waals surface area contributed by atoms with Crippen LogP contribution in [0, 0.1) is 0 Å². The Morgan fingerprint density at radius 3 is 2.90 bits per heavy atom. The summed E-state index contributed by atoms with van der Waals surface area (Å²) in [5, 5.41) is 3.46. The van der Waals surface area contributed by atoms with E-state index in [4.69, 9.17) is 16.3 Å². The molecule has 2 rings (SSSR count). The molecule has 1 aromatic carbocycles. The lowest BCUT2D eigenvalue weighted by molar-refractivity contribution is -0.146. The fourth-order valence-electron chi connectivity index (χ4n) is 2.49. The van der Waals surface area contributed by atoms with Gasteiger partial charge in [-0.3, -0.25) is 14.5 Å². The van der Waals surface area contributed by atoms with Gasteiger partial charge in [0, 0.05) is 11.6 Å². The number of nitrogens with zero attached hydrogens (tertiary/aromatic N) is 1. The van der Waals surface area contributed by atoms with Crippen LogP contribution < -0.4 is 5.32 Å². The standard InChI is InChI=1S/C15H19ClN2O3/c1-21-15(20)13-7-4-8-18(13)10-14(19)17-9-11-5-2-3-6-12(11)16/h2-3,5-6,13H,4,7-10H2,1H3,(H,17,19). The predicted molar refractivity (Wildman–Crippen MR) is 79.9 cm³/mol. The molecule has 1 atom stereocenters. The van der Waals surface area contributed by atoms with E-state index < -0.39 is 0 Å². The van der Waals surface area contributed by atoms with Gasteiger partial charge < -0.3 is 10.1 Å². The SMILES string of the molecule is COC(=O)C1CCCN1CC(=O)NCc1ccccc1Cl. The summed E-state index contributed by atoms with van der Waals surface area (Å²) in [6, 6.07) is 7.08. The average molecular weight is 311 g/mol. The van der Waals surface area contributed by atoms with Crippen molar-refractivity contribution in [3.05, 3.63) is 34.9 Å². The van der Waals surface area contributed by atoms with Crippen LogP contribution >= 0.6 is 11.6 Å². The third-order valence-electron chi connectivity index (χ3n) is 3.62. The fourth-order valence-corrected chi connectivity index (χ4v) is 2.70. The number of methoxy groups -OCH3 is 1. The van der Waals surface area contributed by atoms with Gasteiger partial charge >= 0.3 is 5.97 Å². The first-order valence-electron chi connectivity index (χ1n) is 6.94. The second-order valence-corrected chi connectivity index (χ2v) is 5.43. The van der Waals surface area contributed by atoms with E-state index >= 15 is 0 Å². The van der Waals surface area contributed by atoms with Crippen LogP contribution in [-0.4, -0.2) is 43.0 Å². The van der Waals surface area contributed by atoms with Crippen LogP contribution in [-0.2, 0) is 20.9 Å². The van der Waals surface area contributed by atoms with Gasteiger partial charge in [0.1, 0.15) is 6.04 Å². The number of carbonyl (C=O) groups excluding carboxylic acids is 2. The number of nitrogens with one attached hydrogen (secondary N) is 1. The van der Waals surface area contributed by atoms with Crippen LogP contribution in [0.25, 0.3) is 0 Å². The second-order valence-electron chi connectivity index (χ2n) is 5.02. The van der Waals surface area contributed by atoms with Gasteiger partial charge in [-0.25, -0.2) is 0 Å². The topological polar surface area (TPSA) is 58.6 Å². The Morgan fingerprint density at radius 2 is 2.19 bits per heavy atom. The van der Waals surface area contributed by atoms with Gasteiger partial charge in [0.15, 0.2) is 0 Å². The maximum Gasteiger partial charge on any atom is 0.323 e. The molecule has 1 aromatic rings. The summed E-state index contributed by atoms with van der Waals surface area (Å²) in [7, 11) is 1.37. The molecule has 1 aliphatic rings. The highest BCUT2D eigenvalue weighted by atomic mass is 35.5. The molecule has 1 unspecified atom stereocenters. The van der Waals surface area contributed by atoms with Crippen LogP contribution in [0.1, 0.15) is 18.4 Å². The normalized spacial score (nSPS) is 18.5. The highest BCUT2D eigenvalue weighted by Gasteiger charge is 2.32. The predicted octanol–water partition coefficient (Wildman–Crippen LogP) is 1.59. The number of esters is 1. The van der Waals surface area contributed by atoms with Gasteiger partial charge in [-0.1, -0.05) is 29.8 Å². The minimum absolute atomic E-state index is 0.120. The zero-order chi connectivity index (χ0) is 15.2. The Bertz CT molecular complexity index is 521. The van der Waals surface area contributed by atoms with E-state index in [2.05, 4.69) is 5.32 Å². The van der Waals surface area contributed by atoms with Crippen molar-refractivity contribution in [2.75, 3.05) is 20.2 Å². The van der Waals surface area contributed by atoms with Gasteiger partial charge in [-0.2, -0.15) is 0 Å². The first kappa shape index (κ1) is 15.8. The number of rotatable bonds is 5. The molecule has 0 radical (unpaired) electrons. The molecule has 1 saturated heterocycles. The number of likely N-dealkylation sites (tertiary alicyclic amines) is 1. The number of hydrogen-bond donors (Lipinski definition) is 1. The summed E-state index contributed by atoms with van der Waals surface area (Å²) in [6.07, 6.45) is 1.64. The van der Waals surface area contributed by atoms with Crippen LogP contribution in [0.5, 0.6) is 0 Å². The van der Waals surface area contributed by atoms with Crippen LogP contribution in [0.4, 0.5) is 0 Å². The zero-order valence-electron chi connectivity index (χ0n) is 12.0. The zero-order valence-corrected chi connectivity index (χ0v) is 12.7. The number of ether oxygens (including phenoxy) is 1. The van der Waals surface area contributed by atoms with Crippen molar-refractivity contribution in [2.45, 2.75) is 25.4 Å². The molecule has 1 aliphatic heterocycles. The molecular weight excluding hydrogens is 292 g/mol. The van der Waals surface area contributed by atoms with E-state index in [0.29, 0.717) is 11.6 Å².